The smallest absolute Gasteiger partial charge is 0.247 e. The molecule has 4 heteroatoms. The van der Waals surface area contributed by atoms with Gasteiger partial charge in [0, 0.05) is 23.6 Å². The summed E-state index contributed by atoms with van der Waals surface area (Å²) in [6.07, 6.45) is 6.20. The number of nitrogens with zero attached hydrogens (tertiary/aromatic N) is 2. The molecule has 2 aromatic rings. The largest absolute Gasteiger partial charge is 0.323 e. The SMILES string of the molecule is C=CC(=O)Nc1ccc(-c2cncnc2)cc1. The van der Waals surface area contributed by atoms with Gasteiger partial charge in [-0.25, -0.2) is 9.97 Å². The van der Waals surface area contributed by atoms with Gasteiger partial charge >= 0.3 is 0 Å². The Morgan fingerprint density at radius 1 is 1.12 bits per heavy atom. The third-order valence-electron chi connectivity index (χ3n) is 2.23. The number of carbonyl (C=O) groups excluding carboxylic acids is 1. The summed E-state index contributed by atoms with van der Waals surface area (Å²) >= 11 is 0. The summed E-state index contributed by atoms with van der Waals surface area (Å²) in [5, 5.41) is 2.68. The lowest BCUT2D eigenvalue weighted by Crippen LogP contribution is -2.06. The van der Waals surface area contributed by atoms with E-state index in [4.69, 9.17) is 0 Å². The first-order chi connectivity index (χ1) is 8.29. The van der Waals surface area contributed by atoms with Gasteiger partial charge in [-0.1, -0.05) is 18.7 Å². The number of hydrogen-bond donors (Lipinski definition) is 1. The fourth-order valence-electron chi connectivity index (χ4n) is 1.39. The van der Waals surface area contributed by atoms with E-state index in [0.717, 1.165) is 16.8 Å². The van der Waals surface area contributed by atoms with E-state index in [1.54, 1.807) is 12.4 Å². The number of hydrogen-bond acceptors (Lipinski definition) is 3. The second-order valence-electron chi connectivity index (χ2n) is 3.40. The van der Waals surface area contributed by atoms with Crippen molar-refractivity contribution in [3.63, 3.8) is 0 Å². The van der Waals surface area contributed by atoms with E-state index < -0.39 is 0 Å². The molecule has 0 fully saturated rings. The van der Waals surface area contributed by atoms with Crippen LogP contribution in [-0.2, 0) is 4.79 Å². The second kappa shape index (κ2) is 5.03. The molecule has 0 atom stereocenters. The Morgan fingerprint density at radius 3 is 2.35 bits per heavy atom. The molecule has 1 aromatic carbocycles. The van der Waals surface area contributed by atoms with E-state index in [0.29, 0.717) is 0 Å². The normalized spacial score (nSPS) is 9.65. The average Bonchev–Trinajstić information content (AvgIpc) is 2.40. The molecular formula is C13H11N3O. The Labute approximate surface area is 99.0 Å². The van der Waals surface area contributed by atoms with Gasteiger partial charge in [0.1, 0.15) is 6.33 Å². The van der Waals surface area contributed by atoms with E-state index in [1.807, 2.05) is 24.3 Å². The van der Waals surface area contributed by atoms with Gasteiger partial charge in [0.15, 0.2) is 0 Å². The van der Waals surface area contributed by atoms with Gasteiger partial charge < -0.3 is 5.32 Å². The predicted octanol–water partition coefficient (Wildman–Crippen LogP) is 2.27. The zero-order valence-corrected chi connectivity index (χ0v) is 9.13. The van der Waals surface area contributed by atoms with Crippen LogP contribution in [0.3, 0.4) is 0 Å². The van der Waals surface area contributed by atoms with Gasteiger partial charge in [0.25, 0.3) is 0 Å². The zero-order chi connectivity index (χ0) is 12.1. The number of rotatable bonds is 3. The molecule has 2 rings (SSSR count). The summed E-state index contributed by atoms with van der Waals surface area (Å²) in [6.45, 7) is 3.39. The lowest BCUT2D eigenvalue weighted by Gasteiger charge is -2.04. The van der Waals surface area contributed by atoms with E-state index in [-0.39, 0.29) is 5.91 Å². The van der Waals surface area contributed by atoms with Crippen LogP contribution in [0.5, 0.6) is 0 Å². The molecule has 0 aliphatic carbocycles. The molecule has 84 valence electrons. The molecule has 0 bridgehead atoms. The highest BCUT2D eigenvalue weighted by molar-refractivity contribution is 5.98. The highest BCUT2D eigenvalue weighted by atomic mass is 16.1. The fourth-order valence-corrected chi connectivity index (χ4v) is 1.39. The average molecular weight is 225 g/mol. The maximum Gasteiger partial charge on any atom is 0.247 e. The highest BCUT2D eigenvalue weighted by Crippen LogP contribution is 2.19. The van der Waals surface area contributed by atoms with Gasteiger partial charge in [-0.3, -0.25) is 4.79 Å². The minimum Gasteiger partial charge on any atom is -0.323 e. The minimum atomic E-state index is -0.221. The van der Waals surface area contributed by atoms with Crippen molar-refractivity contribution in [2.45, 2.75) is 0 Å². The first-order valence-corrected chi connectivity index (χ1v) is 5.08. The zero-order valence-electron chi connectivity index (χ0n) is 9.13. The van der Waals surface area contributed by atoms with Crippen molar-refractivity contribution in [2.24, 2.45) is 0 Å². The van der Waals surface area contributed by atoms with Crippen LogP contribution in [0, 0.1) is 0 Å². The van der Waals surface area contributed by atoms with E-state index >= 15 is 0 Å². The summed E-state index contributed by atoms with van der Waals surface area (Å²) in [7, 11) is 0. The Morgan fingerprint density at radius 2 is 1.76 bits per heavy atom. The van der Waals surface area contributed by atoms with E-state index in [1.165, 1.54) is 12.4 Å². The molecule has 4 nitrogen and oxygen atoms in total. The molecular weight excluding hydrogens is 214 g/mol. The van der Waals surface area contributed by atoms with Crippen molar-refractivity contribution in [2.75, 3.05) is 5.32 Å². The Bertz CT molecular complexity index is 520. The van der Waals surface area contributed by atoms with Crippen LogP contribution < -0.4 is 5.32 Å². The molecule has 17 heavy (non-hydrogen) atoms. The summed E-state index contributed by atoms with van der Waals surface area (Å²) in [6, 6.07) is 7.45. The molecule has 1 heterocycles. The Kier molecular flexibility index (Phi) is 3.25. The van der Waals surface area contributed by atoms with Gasteiger partial charge in [-0.05, 0) is 23.8 Å². The molecule has 0 aliphatic heterocycles. The van der Waals surface area contributed by atoms with Crippen LogP contribution in [0.1, 0.15) is 0 Å². The maximum absolute atomic E-state index is 11.1. The van der Waals surface area contributed by atoms with Crippen LogP contribution >= 0.6 is 0 Å². The summed E-state index contributed by atoms with van der Waals surface area (Å²) in [4.78, 5) is 19.0. The lowest BCUT2D eigenvalue weighted by molar-refractivity contribution is -0.111. The third kappa shape index (κ3) is 2.75. The molecule has 0 radical (unpaired) electrons. The summed E-state index contributed by atoms with van der Waals surface area (Å²) < 4.78 is 0. The number of nitrogens with one attached hydrogen (secondary N) is 1. The van der Waals surface area contributed by atoms with Crippen LogP contribution in [0.25, 0.3) is 11.1 Å². The van der Waals surface area contributed by atoms with Gasteiger partial charge in [-0.15, -0.1) is 0 Å². The van der Waals surface area contributed by atoms with Crippen LogP contribution in [0.15, 0.2) is 55.6 Å². The molecule has 0 spiro atoms. The summed E-state index contributed by atoms with van der Waals surface area (Å²) in [5.74, 6) is -0.221. The van der Waals surface area contributed by atoms with Gasteiger partial charge in [-0.2, -0.15) is 0 Å². The molecule has 1 aromatic heterocycles. The van der Waals surface area contributed by atoms with Crippen molar-refractivity contribution in [1.82, 2.24) is 9.97 Å². The monoisotopic (exact) mass is 225 g/mol. The third-order valence-corrected chi connectivity index (χ3v) is 2.23. The number of anilines is 1. The number of carbonyl (C=O) groups is 1. The first-order valence-electron chi connectivity index (χ1n) is 5.08. The molecule has 0 unspecified atom stereocenters. The standard InChI is InChI=1S/C13H11N3O/c1-2-13(17)16-12-5-3-10(4-6-12)11-7-14-9-15-8-11/h2-9H,1H2,(H,16,17). The minimum absolute atomic E-state index is 0.221. The fraction of sp³-hybridized carbons (Fsp3) is 0. The molecule has 0 aliphatic rings. The topological polar surface area (TPSA) is 54.9 Å². The molecule has 1 N–H and O–H groups in total. The Hall–Kier alpha value is -2.49. The van der Waals surface area contributed by atoms with Gasteiger partial charge in [0.2, 0.25) is 5.91 Å². The quantitative estimate of drug-likeness (QED) is 0.815. The van der Waals surface area contributed by atoms with Crippen molar-refractivity contribution in [3.05, 3.63) is 55.6 Å². The number of aromatic nitrogens is 2. The van der Waals surface area contributed by atoms with Crippen LogP contribution in [0.4, 0.5) is 5.69 Å². The van der Waals surface area contributed by atoms with Gasteiger partial charge in [0.05, 0.1) is 0 Å². The van der Waals surface area contributed by atoms with E-state index in [2.05, 4.69) is 21.9 Å². The van der Waals surface area contributed by atoms with Crippen molar-refractivity contribution in [3.8, 4) is 11.1 Å². The molecule has 1 amide bonds. The number of amides is 1. The molecule has 0 saturated heterocycles. The maximum atomic E-state index is 11.1. The summed E-state index contributed by atoms with van der Waals surface area (Å²) in [5.41, 5.74) is 2.67. The number of benzene rings is 1. The van der Waals surface area contributed by atoms with E-state index in [9.17, 15) is 4.79 Å². The predicted molar refractivity (Wildman–Crippen MR) is 66.3 cm³/mol. The first kappa shape index (κ1) is 11.0. The van der Waals surface area contributed by atoms with Crippen LogP contribution in [-0.4, -0.2) is 15.9 Å². The van der Waals surface area contributed by atoms with Crippen LogP contribution in [0.2, 0.25) is 0 Å². The second-order valence-corrected chi connectivity index (χ2v) is 3.40. The Balaban J connectivity index is 2.19. The molecule has 0 saturated carbocycles. The lowest BCUT2D eigenvalue weighted by atomic mass is 10.1. The van der Waals surface area contributed by atoms with Crippen molar-refractivity contribution < 1.29 is 4.79 Å². The van der Waals surface area contributed by atoms with Crippen molar-refractivity contribution >= 4 is 11.6 Å². The highest BCUT2D eigenvalue weighted by Gasteiger charge is 1.99. The van der Waals surface area contributed by atoms with Crippen molar-refractivity contribution in [1.29, 1.82) is 0 Å².